The Kier molecular flexibility index (Phi) is 1.44. The van der Waals surface area contributed by atoms with Crippen LogP contribution in [0.2, 0.25) is 0 Å². The largest absolute Gasteiger partial charge is 0.264 e. The van der Waals surface area contributed by atoms with Crippen LogP contribution in [0, 0.1) is 0 Å². The second-order valence-electron chi connectivity index (χ2n) is 3.12. The molecule has 2 heterocycles. The molecule has 0 spiro atoms. The van der Waals surface area contributed by atoms with E-state index in [1.54, 1.807) is 12.5 Å². The van der Waals surface area contributed by atoms with Gasteiger partial charge >= 0.3 is 0 Å². The zero-order valence-corrected chi connectivity index (χ0v) is 7.38. The maximum atomic E-state index is 4.20. The van der Waals surface area contributed by atoms with Crippen LogP contribution in [0.4, 0.5) is 0 Å². The molecule has 0 N–H and O–H groups in total. The Labute approximate surface area is 80.5 Å². The number of pyridine rings is 1. The van der Waals surface area contributed by atoms with E-state index in [2.05, 4.69) is 15.0 Å². The fourth-order valence-electron chi connectivity index (χ4n) is 1.63. The minimum Gasteiger partial charge on any atom is -0.264 e. The van der Waals surface area contributed by atoms with Crippen molar-refractivity contribution >= 4 is 21.7 Å². The summed E-state index contributed by atoms with van der Waals surface area (Å²) in [4.78, 5) is 12.3. The van der Waals surface area contributed by atoms with Crippen molar-refractivity contribution in [2.75, 3.05) is 0 Å². The highest BCUT2D eigenvalue weighted by Crippen LogP contribution is 2.21. The van der Waals surface area contributed by atoms with Crippen LogP contribution in [0.25, 0.3) is 21.7 Å². The van der Waals surface area contributed by atoms with Crippen molar-refractivity contribution in [2.24, 2.45) is 0 Å². The average molecular weight is 181 g/mol. The third-order valence-electron chi connectivity index (χ3n) is 2.31. The maximum Gasteiger partial charge on any atom is 0.116 e. The van der Waals surface area contributed by atoms with Gasteiger partial charge in [-0.2, -0.15) is 0 Å². The molecule has 0 atom stereocenters. The van der Waals surface area contributed by atoms with Crippen molar-refractivity contribution < 1.29 is 0 Å². The lowest BCUT2D eigenvalue weighted by molar-refractivity contribution is 1.22. The molecule has 0 aliphatic carbocycles. The summed E-state index contributed by atoms with van der Waals surface area (Å²) in [5.41, 5.74) is 0.971. The molecule has 3 heteroatoms. The molecule has 3 nitrogen and oxygen atoms in total. The minimum atomic E-state index is 0.971. The first kappa shape index (κ1) is 7.38. The van der Waals surface area contributed by atoms with Crippen molar-refractivity contribution in [2.45, 2.75) is 0 Å². The Hall–Kier alpha value is -2.03. The van der Waals surface area contributed by atoms with E-state index >= 15 is 0 Å². The van der Waals surface area contributed by atoms with E-state index in [9.17, 15) is 0 Å². The highest BCUT2D eigenvalue weighted by Gasteiger charge is 1.99. The monoisotopic (exact) mass is 181 g/mol. The SMILES string of the molecule is c1cc2c(ccc3ncncc32)cn1. The molecule has 1 aromatic carbocycles. The van der Waals surface area contributed by atoms with Crippen molar-refractivity contribution in [1.82, 2.24) is 15.0 Å². The van der Waals surface area contributed by atoms with Gasteiger partial charge in [0, 0.05) is 29.4 Å². The van der Waals surface area contributed by atoms with E-state index in [4.69, 9.17) is 0 Å². The predicted molar refractivity (Wildman–Crippen MR) is 54.8 cm³/mol. The fourth-order valence-corrected chi connectivity index (χ4v) is 1.63. The summed E-state index contributed by atoms with van der Waals surface area (Å²) >= 11 is 0. The van der Waals surface area contributed by atoms with Gasteiger partial charge < -0.3 is 0 Å². The highest BCUT2D eigenvalue weighted by atomic mass is 14.8. The van der Waals surface area contributed by atoms with E-state index < -0.39 is 0 Å². The standard InChI is InChI=1S/C11H7N3/c1-2-11-10(6-13-7-14-11)9-3-4-12-5-8(1)9/h1-7H. The molecule has 0 bridgehead atoms. The summed E-state index contributed by atoms with van der Waals surface area (Å²) in [7, 11) is 0. The molecule has 0 saturated carbocycles. The molecule has 14 heavy (non-hydrogen) atoms. The lowest BCUT2D eigenvalue weighted by atomic mass is 10.1. The van der Waals surface area contributed by atoms with Crippen LogP contribution in [0.3, 0.4) is 0 Å². The number of hydrogen-bond donors (Lipinski definition) is 0. The molecule has 0 fully saturated rings. The van der Waals surface area contributed by atoms with Crippen molar-refractivity contribution in [3.8, 4) is 0 Å². The summed E-state index contributed by atoms with van der Waals surface area (Å²) in [6, 6.07) is 6.00. The Morgan fingerprint density at radius 3 is 2.86 bits per heavy atom. The summed E-state index contributed by atoms with van der Waals surface area (Å²) in [6.07, 6.45) is 7.04. The van der Waals surface area contributed by atoms with E-state index in [1.807, 2.05) is 30.6 Å². The lowest BCUT2D eigenvalue weighted by Crippen LogP contribution is -1.83. The Morgan fingerprint density at radius 2 is 1.86 bits per heavy atom. The summed E-state index contributed by atoms with van der Waals surface area (Å²) in [6.45, 7) is 0. The Bertz CT molecular complexity index is 550. The maximum absolute atomic E-state index is 4.20. The van der Waals surface area contributed by atoms with Gasteiger partial charge in [0.2, 0.25) is 0 Å². The Balaban J connectivity index is 2.61. The van der Waals surface area contributed by atoms with Crippen LogP contribution in [0.15, 0.2) is 43.1 Å². The first-order chi connectivity index (χ1) is 6.95. The zero-order chi connectivity index (χ0) is 9.38. The highest BCUT2D eigenvalue weighted by molar-refractivity contribution is 6.05. The van der Waals surface area contributed by atoms with E-state index in [0.717, 1.165) is 21.7 Å². The summed E-state index contributed by atoms with van der Waals surface area (Å²) < 4.78 is 0. The number of hydrogen-bond acceptors (Lipinski definition) is 3. The number of benzene rings is 1. The molecule has 0 aliphatic rings. The third-order valence-corrected chi connectivity index (χ3v) is 2.31. The number of rotatable bonds is 0. The number of fused-ring (bicyclic) bond motifs is 3. The minimum absolute atomic E-state index is 0.971. The second-order valence-corrected chi connectivity index (χ2v) is 3.12. The normalized spacial score (nSPS) is 10.9. The molecule has 0 aliphatic heterocycles. The molecule has 3 aromatic rings. The van der Waals surface area contributed by atoms with Crippen molar-refractivity contribution in [3.05, 3.63) is 43.1 Å². The fraction of sp³-hybridized carbons (Fsp3) is 0. The quantitative estimate of drug-likeness (QED) is 0.499. The Morgan fingerprint density at radius 1 is 0.857 bits per heavy atom. The molecule has 0 radical (unpaired) electrons. The molecule has 0 amide bonds. The van der Waals surface area contributed by atoms with Gasteiger partial charge in [-0.05, 0) is 17.5 Å². The van der Waals surface area contributed by atoms with Crippen LogP contribution in [0.5, 0.6) is 0 Å². The first-order valence-corrected chi connectivity index (χ1v) is 4.37. The van der Waals surface area contributed by atoms with Crippen LogP contribution in [-0.2, 0) is 0 Å². The van der Waals surface area contributed by atoms with Crippen LogP contribution >= 0.6 is 0 Å². The molecule has 2 aromatic heterocycles. The second kappa shape index (κ2) is 2.73. The van der Waals surface area contributed by atoms with E-state index in [1.165, 1.54) is 0 Å². The van der Waals surface area contributed by atoms with Gasteiger partial charge in [-0.15, -0.1) is 0 Å². The van der Waals surface area contributed by atoms with Crippen LogP contribution in [-0.4, -0.2) is 15.0 Å². The van der Waals surface area contributed by atoms with Crippen LogP contribution < -0.4 is 0 Å². The molecule has 66 valence electrons. The van der Waals surface area contributed by atoms with Gasteiger partial charge in [0.15, 0.2) is 0 Å². The predicted octanol–water partition coefficient (Wildman–Crippen LogP) is 2.18. The molecule has 0 saturated heterocycles. The third kappa shape index (κ3) is 0.956. The van der Waals surface area contributed by atoms with E-state index in [0.29, 0.717) is 0 Å². The molecule has 0 unspecified atom stereocenters. The first-order valence-electron chi connectivity index (χ1n) is 4.37. The van der Waals surface area contributed by atoms with Gasteiger partial charge in [0.25, 0.3) is 0 Å². The number of nitrogens with zero attached hydrogens (tertiary/aromatic N) is 3. The van der Waals surface area contributed by atoms with Gasteiger partial charge in [-0.1, -0.05) is 6.07 Å². The number of aromatic nitrogens is 3. The summed E-state index contributed by atoms with van der Waals surface area (Å²) in [5, 5.41) is 3.35. The average Bonchev–Trinajstić information content (AvgIpc) is 2.29. The van der Waals surface area contributed by atoms with Crippen LogP contribution in [0.1, 0.15) is 0 Å². The van der Waals surface area contributed by atoms with Gasteiger partial charge in [0.1, 0.15) is 6.33 Å². The molecule has 3 rings (SSSR count). The van der Waals surface area contributed by atoms with Crippen molar-refractivity contribution in [1.29, 1.82) is 0 Å². The topological polar surface area (TPSA) is 38.7 Å². The van der Waals surface area contributed by atoms with E-state index in [-0.39, 0.29) is 0 Å². The summed E-state index contributed by atoms with van der Waals surface area (Å²) in [5.74, 6) is 0. The van der Waals surface area contributed by atoms with Gasteiger partial charge in [0.05, 0.1) is 5.52 Å². The van der Waals surface area contributed by atoms with Gasteiger partial charge in [-0.3, -0.25) is 4.98 Å². The van der Waals surface area contributed by atoms with Gasteiger partial charge in [-0.25, -0.2) is 9.97 Å². The smallest absolute Gasteiger partial charge is 0.116 e. The lowest BCUT2D eigenvalue weighted by Gasteiger charge is -2.00. The molecular formula is C11H7N3. The van der Waals surface area contributed by atoms with Crippen molar-refractivity contribution in [3.63, 3.8) is 0 Å². The molecular weight excluding hydrogens is 174 g/mol. The zero-order valence-electron chi connectivity index (χ0n) is 7.38.